The number of fused-ring (bicyclic) bond motifs is 1. The number of aromatic nitrogens is 2. The molecule has 0 spiro atoms. The van der Waals surface area contributed by atoms with Crippen LogP contribution in [0.1, 0.15) is 5.56 Å². The number of para-hydroxylation sites is 1. The summed E-state index contributed by atoms with van der Waals surface area (Å²) in [4.78, 5) is 21.8. The number of anilines is 1. The van der Waals surface area contributed by atoms with E-state index in [1.165, 1.54) is 11.3 Å². The molecule has 3 aromatic rings. The third-order valence-electron chi connectivity index (χ3n) is 4.97. The first-order valence-electron chi connectivity index (χ1n) is 8.79. The summed E-state index contributed by atoms with van der Waals surface area (Å²) in [5.74, 6) is 0. The fraction of sp³-hybridized carbons (Fsp3) is 0.300. The lowest BCUT2D eigenvalue weighted by atomic mass is 10.1. The molecule has 1 aliphatic rings. The van der Waals surface area contributed by atoms with Crippen LogP contribution in [0.3, 0.4) is 0 Å². The second kappa shape index (κ2) is 7.09. The summed E-state index contributed by atoms with van der Waals surface area (Å²) in [5.41, 5.74) is 3.23. The van der Waals surface area contributed by atoms with Gasteiger partial charge in [-0.3, -0.25) is 14.3 Å². The van der Waals surface area contributed by atoms with Gasteiger partial charge in [-0.1, -0.05) is 29.8 Å². The first kappa shape index (κ1) is 17.1. The lowest BCUT2D eigenvalue weighted by molar-refractivity contribution is 0.202. The van der Waals surface area contributed by atoms with Crippen LogP contribution in [-0.4, -0.2) is 40.6 Å². The molecule has 0 bridgehead atoms. The maximum Gasteiger partial charge on any atom is 0.262 e. The summed E-state index contributed by atoms with van der Waals surface area (Å²) in [6.45, 7) is 6.42. The van der Waals surface area contributed by atoms with E-state index < -0.39 is 0 Å². The van der Waals surface area contributed by atoms with E-state index in [2.05, 4.69) is 46.0 Å². The van der Waals surface area contributed by atoms with Crippen molar-refractivity contribution in [1.29, 1.82) is 0 Å². The molecule has 6 heteroatoms. The van der Waals surface area contributed by atoms with Crippen molar-refractivity contribution in [3.63, 3.8) is 0 Å². The molecule has 26 heavy (non-hydrogen) atoms. The third-order valence-corrected chi connectivity index (χ3v) is 5.20. The van der Waals surface area contributed by atoms with Gasteiger partial charge in [0.05, 0.1) is 23.9 Å². The van der Waals surface area contributed by atoms with Crippen LogP contribution in [0, 0.1) is 6.92 Å². The predicted molar refractivity (Wildman–Crippen MR) is 106 cm³/mol. The van der Waals surface area contributed by atoms with Gasteiger partial charge in [-0.15, -0.1) is 0 Å². The summed E-state index contributed by atoms with van der Waals surface area (Å²) in [5, 5.41) is 1.12. The van der Waals surface area contributed by atoms with Crippen LogP contribution in [0.2, 0.25) is 5.02 Å². The molecule has 0 unspecified atom stereocenters. The van der Waals surface area contributed by atoms with Gasteiger partial charge in [0.1, 0.15) is 0 Å². The van der Waals surface area contributed by atoms with Gasteiger partial charge in [-0.2, -0.15) is 0 Å². The van der Waals surface area contributed by atoms with Crippen LogP contribution in [0.15, 0.2) is 53.6 Å². The number of rotatable bonds is 3. The second-order valence-electron chi connectivity index (χ2n) is 6.71. The van der Waals surface area contributed by atoms with Crippen molar-refractivity contribution < 1.29 is 0 Å². The molecule has 0 radical (unpaired) electrons. The number of hydrogen-bond acceptors (Lipinski definition) is 4. The van der Waals surface area contributed by atoms with Crippen molar-refractivity contribution >= 4 is 28.2 Å². The Hall–Kier alpha value is -2.37. The molecule has 134 valence electrons. The fourth-order valence-electron chi connectivity index (χ4n) is 3.50. The van der Waals surface area contributed by atoms with Gasteiger partial charge in [-0.25, -0.2) is 4.98 Å². The Morgan fingerprint density at radius 3 is 2.62 bits per heavy atom. The van der Waals surface area contributed by atoms with Crippen molar-refractivity contribution in [2.24, 2.45) is 0 Å². The first-order chi connectivity index (χ1) is 12.6. The highest BCUT2D eigenvalue weighted by atomic mass is 35.5. The fourth-order valence-corrected chi connectivity index (χ4v) is 3.67. The van der Waals surface area contributed by atoms with Crippen LogP contribution in [0.4, 0.5) is 5.69 Å². The van der Waals surface area contributed by atoms with E-state index >= 15 is 0 Å². The van der Waals surface area contributed by atoms with Crippen LogP contribution in [0.5, 0.6) is 0 Å². The monoisotopic (exact) mass is 368 g/mol. The summed E-state index contributed by atoms with van der Waals surface area (Å²) in [6.07, 6.45) is 1.63. The molecule has 1 aromatic heterocycles. The highest BCUT2D eigenvalue weighted by Gasteiger charge is 2.19. The van der Waals surface area contributed by atoms with Gasteiger partial charge >= 0.3 is 0 Å². The average molecular weight is 369 g/mol. The predicted octanol–water partition coefficient (Wildman–Crippen LogP) is 3.14. The van der Waals surface area contributed by atoms with Crippen LogP contribution >= 0.6 is 11.6 Å². The van der Waals surface area contributed by atoms with Crippen LogP contribution in [-0.2, 0) is 6.67 Å². The standard InChI is InChI=1S/C20H21ClN4O/c1-15-4-2-3-5-19(15)24-10-8-23(9-11-24)14-25-13-22-18-7-6-16(21)12-17(18)20(25)26/h2-7,12-13H,8-11,14H2,1H3. The minimum absolute atomic E-state index is 0.0427. The van der Waals surface area contributed by atoms with Gasteiger partial charge < -0.3 is 4.90 Å². The number of halogens is 1. The molecule has 0 atom stereocenters. The molecule has 4 rings (SSSR count). The molecule has 0 N–H and O–H groups in total. The number of piperazine rings is 1. The molecular weight excluding hydrogens is 348 g/mol. The Morgan fingerprint density at radius 1 is 1.08 bits per heavy atom. The topological polar surface area (TPSA) is 41.4 Å². The Kier molecular flexibility index (Phi) is 4.66. The van der Waals surface area contributed by atoms with Crippen LogP contribution < -0.4 is 10.5 Å². The van der Waals surface area contributed by atoms with E-state index in [0.717, 1.165) is 26.2 Å². The van der Waals surface area contributed by atoms with E-state index in [1.54, 1.807) is 29.1 Å². The van der Waals surface area contributed by atoms with E-state index in [9.17, 15) is 4.79 Å². The quantitative estimate of drug-likeness (QED) is 0.712. The largest absolute Gasteiger partial charge is 0.369 e. The lowest BCUT2D eigenvalue weighted by Gasteiger charge is -2.36. The molecule has 2 aromatic carbocycles. The molecular formula is C20H21ClN4O. The summed E-state index contributed by atoms with van der Waals surface area (Å²) >= 11 is 6.03. The Balaban J connectivity index is 1.48. The average Bonchev–Trinajstić information content (AvgIpc) is 2.66. The zero-order valence-corrected chi connectivity index (χ0v) is 15.5. The highest BCUT2D eigenvalue weighted by molar-refractivity contribution is 6.31. The minimum atomic E-state index is -0.0427. The maximum absolute atomic E-state index is 12.7. The van der Waals surface area contributed by atoms with Gasteiger partial charge in [0.15, 0.2) is 0 Å². The van der Waals surface area contributed by atoms with E-state index in [-0.39, 0.29) is 5.56 Å². The van der Waals surface area contributed by atoms with Crippen molar-refractivity contribution in [2.75, 3.05) is 31.1 Å². The first-order valence-corrected chi connectivity index (χ1v) is 9.17. The Morgan fingerprint density at radius 2 is 1.85 bits per heavy atom. The maximum atomic E-state index is 12.7. The lowest BCUT2D eigenvalue weighted by Crippen LogP contribution is -2.48. The third kappa shape index (κ3) is 3.32. The molecule has 1 aliphatic heterocycles. The molecule has 5 nitrogen and oxygen atoms in total. The van der Waals surface area contributed by atoms with E-state index in [4.69, 9.17) is 11.6 Å². The minimum Gasteiger partial charge on any atom is -0.369 e. The van der Waals surface area contributed by atoms with Gasteiger partial charge in [0, 0.05) is 36.9 Å². The van der Waals surface area contributed by atoms with Gasteiger partial charge in [0.25, 0.3) is 5.56 Å². The molecule has 0 saturated carbocycles. The normalized spacial score (nSPS) is 15.5. The zero-order chi connectivity index (χ0) is 18.1. The molecule has 0 amide bonds. The number of hydrogen-bond donors (Lipinski definition) is 0. The second-order valence-corrected chi connectivity index (χ2v) is 7.15. The smallest absolute Gasteiger partial charge is 0.262 e. The summed E-state index contributed by atoms with van der Waals surface area (Å²) < 4.78 is 1.67. The molecule has 1 fully saturated rings. The Labute approximate surface area is 157 Å². The SMILES string of the molecule is Cc1ccccc1N1CCN(Cn2cnc3ccc(Cl)cc3c2=O)CC1. The van der Waals surface area contributed by atoms with E-state index in [0.29, 0.717) is 22.6 Å². The van der Waals surface area contributed by atoms with Crippen molar-refractivity contribution in [3.05, 3.63) is 69.7 Å². The highest BCUT2D eigenvalue weighted by Crippen LogP contribution is 2.21. The van der Waals surface area contributed by atoms with Crippen molar-refractivity contribution in [2.45, 2.75) is 13.6 Å². The number of aryl methyl sites for hydroxylation is 1. The van der Waals surface area contributed by atoms with Gasteiger partial charge in [-0.05, 0) is 36.8 Å². The summed E-state index contributed by atoms with van der Waals surface area (Å²) in [7, 11) is 0. The Bertz CT molecular complexity index is 993. The van der Waals surface area contributed by atoms with E-state index in [1.807, 2.05) is 0 Å². The zero-order valence-electron chi connectivity index (χ0n) is 14.7. The van der Waals surface area contributed by atoms with Crippen LogP contribution in [0.25, 0.3) is 10.9 Å². The molecule has 0 aliphatic carbocycles. The van der Waals surface area contributed by atoms with Gasteiger partial charge in [0.2, 0.25) is 0 Å². The summed E-state index contributed by atoms with van der Waals surface area (Å²) in [6, 6.07) is 13.7. The number of nitrogens with zero attached hydrogens (tertiary/aromatic N) is 4. The molecule has 1 saturated heterocycles. The van der Waals surface area contributed by atoms with Crippen molar-refractivity contribution in [1.82, 2.24) is 14.5 Å². The molecule has 2 heterocycles. The number of benzene rings is 2. The van der Waals surface area contributed by atoms with Crippen molar-refractivity contribution in [3.8, 4) is 0 Å².